The largest absolute Gasteiger partial charge is 0.469 e. The molecule has 0 heterocycles. The summed E-state index contributed by atoms with van der Waals surface area (Å²) in [5.41, 5.74) is 0. The Morgan fingerprint density at radius 2 is 0.833 bits per heavy atom. The molecule has 0 rings (SSSR count). The summed E-state index contributed by atoms with van der Waals surface area (Å²) in [6, 6.07) is 0. The first-order valence-electron chi connectivity index (χ1n) is 21.9. The van der Waals surface area contributed by atoms with Crippen LogP contribution in [-0.4, -0.2) is 41.0 Å². The van der Waals surface area contributed by atoms with Crippen LogP contribution in [0.3, 0.4) is 0 Å². The normalized spacial score (nSPS) is 12.9. The van der Waals surface area contributed by atoms with Crippen LogP contribution in [0.2, 0.25) is 0 Å². The van der Waals surface area contributed by atoms with Crippen LogP contribution >= 0.6 is 7.82 Å². The van der Waals surface area contributed by atoms with Gasteiger partial charge < -0.3 is 19.3 Å². The Kier molecular flexibility index (Phi) is 39.2. The van der Waals surface area contributed by atoms with E-state index in [0.29, 0.717) is 12.8 Å². The van der Waals surface area contributed by atoms with Crippen LogP contribution < -0.4 is 0 Å². The Hall–Kier alpha value is -1.99. The molecule has 0 unspecified atom stereocenters. The molecule has 0 spiro atoms. The quantitative estimate of drug-likeness (QED) is 0.0273. The fourth-order valence-electron chi connectivity index (χ4n) is 6.02. The van der Waals surface area contributed by atoms with Gasteiger partial charge in [-0.05, 0) is 77.0 Å². The number of hydrogen-bond acceptors (Lipinski definition) is 6. The first kappa shape index (κ1) is 52.0. The highest BCUT2D eigenvalue weighted by atomic mass is 31.2. The number of esters is 2. The fraction of sp³-hybridized carbons (Fsp3) is 0.778. The number of carbonyl (C=O) groups is 2. The number of unbranched alkanes of at least 4 members (excludes halogenated alkanes) is 22. The maximum atomic E-state index is 12.4. The van der Waals surface area contributed by atoms with Crippen LogP contribution in [0.25, 0.3) is 0 Å². The number of hydrogen-bond donors (Lipinski definition) is 2. The molecule has 0 aromatic rings. The van der Waals surface area contributed by atoms with Crippen LogP contribution in [0.1, 0.15) is 206 Å². The van der Waals surface area contributed by atoms with Crippen LogP contribution in [0, 0.1) is 0 Å². The average molecular weight is 781 g/mol. The topological polar surface area (TPSA) is 119 Å². The molecule has 0 aromatic carbocycles. The fourth-order valence-corrected chi connectivity index (χ4v) is 6.38. The van der Waals surface area contributed by atoms with E-state index >= 15 is 0 Å². The zero-order chi connectivity index (χ0) is 39.6. The van der Waals surface area contributed by atoms with Gasteiger partial charge in [-0.3, -0.25) is 14.1 Å². The SMILES string of the molecule is CCCCC/C=C/C/C=C/C/C=C/CCCCCCC(=O)OC[C@H](COP(=O)(O)O)OC(=O)CCCCCCCCCCC/C=C/CCCCCCCC. The Balaban J connectivity index is 3.94. The van der Waals surface area contributed by atoms with E-state index in [0.717, 1.165) is 57.8 Å². The van der Waals surface area contributed by atoms with Crippen molar-refractivity contribution in [3.63, 3.8) is 0 Å². The lowest BCUT2D eigenvalue weighted by atomic mass is 10.1. The third-order valence-electron chi connectivity index (χ3n) is 9.32. The van der Waals surface area contributed by atoms with Crippen LogP contribution in [0.5, 0.6) is 0 Å². The van der Waals surface area contributed by atoms with Crippen LogP contribution in [0.15, 0.2) is 48.6 Å². The second kappa shape index (κ2) is 40.7. The van der Waals surface area contributed by atoms with E-state index in [2.05, 4.69) is 67.0 Å². The van der Waals surface area contributed by atoms with Gasteiger partial charge in [0.1, 0.15) is 6.61 Å². The summed E-state index contributed by atoms with van der Waals surface area (Å²) in [5.74, 6) is -0.910. The van der Waals surface area contributed by atoms with Crippen molar-refractivity contribution in [2.75, 3.05) is 13.2 Å². The smallest absolute Gasteiger partial charge is 0.462 e. The second-order valence-corrected chi connectivity index (χ2v) is 15.9. The number of phosphoric acid groups is 1. The van der Waals surface area contributed by atoms with Crippen molar-refractivity contribution in [3.8, 4) is 0 Å². The number of rotatable bonds is 40. The molecule has 9 heteroatoms. The Labute approximate surface area is 331 Å². The van der Waals surface area contributed by atoms with Gasteiger partial charge in [0, 0.05) is 12.8 Å². The third kappa shape index (κ3) is 42.7. The van der Waals surface area contributed by atoms with Gasteiger partial charge in [0.25, 0.3) is 0 Å². The molecule has 0 amide bonds. The van der Waals surface area contributed by atoms with E-state index in [1.54, 1.807) is 0 Å². The first-order valence-corrected chi connectivity index (χ1v) is 23.5. The molecule has 314 valence electrons. The number of carbonyl (C=O) groups excluding carboxylic acids is 2. The number of allylic oxidation sites excluding steroid dienone is 8. The number of ether oxygens (including phenoxy) is 2. The molecule has 0 radical (unpaired) electrons. The highest BCUT2D eigenvalue weighted by molar-refractivity contribution is 7.46. The van der Waals surface area contributed by atoms with Gasteiger partial charge in [-0.2, -0.15) is 0 Å². The third-order valence-corrected chi connectivity index (χ3v) is 9.81. The van der Waals surface area contributed by atoms with Gasteiger partial charge in [-0.1, -0.05) is 165 Å². The molecule has 0 aliphatic heterocycles. The molecule has 0 fully saturated rings. The van der Waals surface area contributed by atoms with E-state index in [1.807, 2.05) is 0 Å². The van der Waals surface area contributed by atoms with Gasteiger partial charge in [-0.15, -0.1) is 0 Å². The van der Waals surface area contributed by atoms with E-state index in [1.165, 1.54) is 109 Å². The summed E-state index contributed by atoms with van der Waals surface area (Å²) >= 11 is 0. The van der Waals surface area contributed by atoms with Crippen molar-refractivity contribution in [1.29, 1.82) is 0 Å². The summed E-state index contributed by atoms with van der Waals surface area (Å²) in [5, 5.41) is 0. The predicted octanol–water partition coefficient (Wildman–Crippen LogP) is 13.5. The first-order chi connectivity index (χ1) is 26.3. The molecule has 0 aliphatic rings. The maximum Gasteiger partial charge on any atom is 0.469 e. The van der Waals surface area contributed by atoms with Gasteiger partial charge in [0.05, 0.1) is 6.61 Å². The molecule has 0 bridgehead atoms. The molecule has 54 heavy (non-hydrogen) atoms. The number of phosphoric ester groups is 1. The Morgan fingerprint density at radius 1 is 0.481 bits per heavy atom. The molecule has 0 saturated carbocycles. The molecule has 8 nitrogen and oxygen atoms in total. The summed E-state index contributed by atoms with van der Waals surface area (Å²) in [6.07, 6.45) is 49.7. The second-order valence-electron chi connectivity index (χ2n) is 14.7. The standard InChI is InChI=1S/C45H81O8P/c1-3-5-7-9-11-13-15-17-19-21-22-24-26-28-30-32-34-36-38-40-45(47)53-43(42-52-54(48,49)50)41-51-44(46)39-37-35-33-31-29-27-25-23-20-18-16-14-12-10-8-6-4-2/h12,14,17-20,25,27,43H,3-11,13,15-16,21-24,26,28-42H2,1-2H3,(H2,48,49,50)/b14-12+,19-17+,20-18+,27-25+/t43-/m1/s1. The molecule has 0 aliphatic carbocycles. The van der Waals surface area contributed by atoms with Gasteiger partial charge >= 0.3 is 19.8 Å². The summed E-state index contributed by atoms with van der Waals surface area (Å²) in [4.78, 5) is 42.9. The highest BCUT2D eigenvalue weighted by Crippen LogP contribution is 2.36. The van der Waals surface area contributed by atoms with Gasteiger partial charge in [-0.25, -0.2) is 4.57 Å². The van der Waals surface area contributed by atoms with Crippen molar-refractivity contribution in [1.82, 2.24) is 0 Å². The summed E-state index contributed by atoms with van der Waals surface area (Å²) in [6.45, 7) is 3.64. The molecule has 0 aromatic heterocycles. The molecular weight excluding hydrogens is 699 g/mol. The van der Waals surface area contributed by atoms with Gasteiger partial charge in [0.2, 0.25) is 0 Å². The summed E-state index contributed by atoms with van der Waals surface area (Å²) in [7, 11) is -4.76. The van der Waals surface area contributed by atoms with Crippen LogP contribution in [-0.2, 0) is 28.2 Å². The Morgan fingerprint density at radius 3 is 1.30 bits per heavy atom. The minimum atomic E-state index is -4.76. The predicted molar refractivity (Wildman–Crippen MR) is 225 cm³/mol. The minimum absolute atomic E-state index is 0.204. The molecule has 2 N–H and O–H groups in total. The molecule has 0 saturated heterocycles. The average Bonchev–Trinajstić information content (AvgIpc) is 3.14. The van der Waals surface area contributed by atoms with E-state index in [-0.39, 0.29) is 19.4 Å². The lowest BCUT2D eigenvalue weighted by Gasteiger charge is -2.18. The lowest BCUT2D eigenvalue weighted by molar-refractivity contribution is -0.161. The van der Waals surface area contributed by atoms with E-state index in [4.69, 9.17) is 19.3 Å². The van der Waals surface area contributed by atoms with Crippen molar-refractivity contribution < 1.29 is 37.9 Å². The van der Waals surface area contributed by atoms with Crippen molar-refractivity contribution in [3.05, 3.63) is 48.6 Å². The molecule has 1 atom stereocenters. The van der Waals surface area contributed by atoms with Crippen molar-refractivity contribution in [2.24, 2.45) is 0 Å². The van der Waals surface area contributed by atoms with E-state index < -0.39 is 32.5 Å². The minimum Gasteiger partial charge on any atom is -0.462 e. The highest BCUT2D eigenvalue weighted by Gasteiger charge is 2.22. The molecular formula is C45H81O8P. The van der Waals surface area contributed by atoms with Crippen molar-refractivity contribution >= 4 is 19.8 Å². The van der Waals surface area contributed by atoms with E-state index in [9.17, 15) is 14.2 Å². The Bertz CT molecular complexity index is 1020. The lowest BCUT2D eigenvalue weighted by Crippen LogP contribution is -2.29. The van der Waals surface area contributed by atoms with Crippen molar-refractivity contribution in [2.45, 2.75) is 213 Å². The monoisotopic (exact) mass is 781 g/mol. The zero-order valence-electron chi connectivity index (χ0n) is 34.6. The summed E-state index contributed by atoms with van der Waals surface area (Å²) < 4.78 is 26.4. The zero-order valence-corrected chi connectivity index (χ0v) is 35.5. The van der Waals surface area contributed by atoms with Crippen LogP contribution in [0.4, 0.5) is 0 Å². The van der Waals surface area contributed by atoms with Gasteiger partial charge in [0.15, 0.2) is 6.10 Å². The maximum absolute atomic E-state index is 12.4.